The van der Waals surface area contributed by atoms with Gasteiger partial charge in [0.15, 0.2) is 5.75 Å². The third kappa shape index (κ3) is 4.00. The van der Waals surface area contributed by atoms with Crippen LogP contribution in [0.15, 0.2) is 17.1 Å². The minimum atomic E-state index is -0.0796. The second-order valence-corrected chi connectivity index (χ2v) is 5.43. The largest absolute Gasteiger partial charge is 0.487 e. The Morgan fingerprint density at radius 1 is 1.30 bits per heavy atom. The van der Waals surface area contributed by atoms with Gasteiger partial charge in [-0.2, -0.15) is 0 Å². The van der Waals surface area contributed by atoms with Crippen molar-refractivity contribution in [3.63, 3.8) is 0 Å². The predicted octanol–water partition coefficient (Wildman–Crippen LogP) is 2.47. The molecule has 0 atom stereocenters. The Kier molecular flexibility index (Phi) is 5.92. The molecule has 112 valence electrons. The van der Waals surface area contributed by atoms with Crippen molar-refractivity contribution >= 4 is 11.6 Å². The van der Waals surface area contributed by atoms with Gasteiger partial charge in [-0.25, -0.2) is 0 Å². The van der Waals surface area contributed by atoms with Crippen LogP contribution in [0.25, 0.3) is 0 Å². The number of hydrogen-bond donors (Lipinski definition) is 0. The SMILES string of the molecule is CCn1cc(OCCN2CCCCC2)c(=O)cc1CCl. The Balaban J connectivity index is 1.93. The van der Waals surface area contributed by atoms with Crippen LogP contribution in [0.1, 0.15) is 31.9 Å². The summed E-state index contributed by atoms with van der Waals surface area (Å²) in [7, 11) is 0. The molecule has 5 heteroatoms. The third-order valence-corrected chi connectivity index (χ3v) is 4.05. The molecule has 2 rings (SSSR count). The lowest BCUT2D eigenvalue weighted by molar-refractivity contribution is 0.182. The summed E-state index contributed by atoms with van der Waals surface area (Å²) < 4.78 is 7.63. The van der Waals surface area contributed by atoms with Gasteiger partial charge in [-0.15, -0.1) is 11.6 Å². The number of halogens is 1. The van der Waals surface area contributed by atoms with Crippen LogP contribution in [0.5, 0.6) is 5.75 Å². The number of aryl methyl sites for hydroxylation is 1. The van der Waals surface area contributed by atoms with Crippen molar-refractivity contribution in [1.82, 2.24) is 9.47 Å². The van der Waals surface area contributed by atoms with Crippen LogP contribution in [0.2, 0.25) is 0 Å². The Labute approximate surface area is 125 Å². The number of rotatable bonds is 6. The van der Waals surface area contributed by atoms with Gasteiger partial charge < -0.3 is 9.30 Å². The van der Waals surface area contributed by atoms with Crippen molar-refractivity contribution < 1.29 is 4.74 Å². The molecular weight excluding hydrogens is 276 g/mol. The third-order valence-electron chi connectivity index (χ3n) is 3.77. The van der Waals surface area contributed by atoms with Crippen LogP contribution < -0.4 is 10.2 Å². The van der Waals surface area contributed by atoms with Crippen molar-refractivity contribution in [3.05, 3.63) is 28.2 Å². The second-order valence-electron chi connectivity index (χ2n) is 5.16. The van der Waals surface area contributed by atoms with Gasteiger partial charge >= 0.3 is 0 Å². The van der Waals surface area contributed by atoms with E-state index in [2.05, 4.69) is 4.90 Å². The van der Waals surface area contributed by atoms with E-state index in [1.165, 1.54) is 19.3 Å². The zero-order valence-corrected chi connectivity index (χ0v) is 12.9. The molecule has 1 aliphatic heterocycles. The lowest BCUT2D eigenvalue weighted by atomic mass is 10.1. The van der Waals surface area contributed by atoms with Gasteiger partial charge in [0.1, 0.15) is 6.61 Å². The molecule has 0 saturated carbocycles. The molecule has 0 aliphatic carbocycles. The zero-order chi connectivity index (χ0) is 14.4. The number of likely N-dealkylation sites (tertiary alicyclic amines) is 1. The van der Waals surface area contributed by atoms with Gasteiger partial charge in [-0.3, -0.25) is 9.69 Å². The lowest BCUT2D eigenvalue weighted by Gasteiger charge is -2.26. The summed E-state index contributed by atoms with van der Waals surface area (Å²) in [5.41, 5.74) is 0.756. The molecule has 0 radical (unpaired) electrons. The Bertz CT molecular complexity index is 481. The van der Waals surface area contributed by atoms with Crippen LogP contribution in [0.3, 0.4) is 0 Å². The van der Waals surface area contributed by atoms with E-state index in [1.54, 1.807) is 12.3 Å². The first-order valence-corrected chi connectivity index (χ1v) is 7.92. The van der Waals surface area contributed by atoms with Crippen molar-refractivity contribution in [3.8, 4) is 5.75 Å². The molecule has 1 aliphatic rings. The first-order chi connectivity index (χ1) is 9.74. The van der Waals surface area contributed by atoms with Gasteiger partial charge in [0.2, 0.25) is 5.43 Å². The Morgan fingerprint density at radius 3 is 2.70 bits per heavy atom. The molecule has 20 heavy (non-hydrogen) atoms. The molecule has 0 amide bonds. The topological polar surface area (TPSA) is 34.5 Å². The van der Waals surface area contributed by atoms with Crippen molar-refractivity contribution in [2.45, 2.75) is 38.6 Å². The molecule has 1 aromatic heterocycles. The number of hydrogen-bond acceptors (Lipinski definition) is 3. The number of pyridine rings is 1. The highest BCUT2D eigenvalue weighted by Crippen LogP contribution is 2.11. The molecule has 0 aromatic carbocycles. The fraction of sp³-hybridized carbons (Fsp3) is 0.667. The maximum atomic E-state index is 11.9. The number of ether oxygens (including phenoxy) is 1. The van der Waals surface area contributed by atoms with E-state index in [1.807, 2.05) is 11.5 Å². The summed E-state index contributed by atoms with van der Waals surface area (Å²) in [5, 5.41) is 0. The van der Waals surface area contributed by atoms with Crippen LogP contribution in [-0.2, 0) is 12.4 Å². The van der Waals surface area contributed by atoms with Gasteiger partial charge in [-0.05, 0) is 32.9 Å². The van der Waals surface area contributed by atoms with Crippen molar-refractivity contribution in [2.24, 2.45) is 0 Å². The number of aromatic nitrogens is 1. The molecule has 1 saturated heterocycles. The lowest BCUT2D eigenvalue weighted by Crippen LogP contribution is -2.33. The Morgan fingerprint density at radius 2 is 2.05 bits per heavy atom. The normalized spacial score (nSPS) is 16.3. The van der Waals surface area contributed by atoms with Crippen LogP contribution >= 0.6 is 11.6 Å². The number of alkyl halides is 1. The van der Waals surface area contributed by atoms with Crippen LogP contribution in [-0.4, -0.2) is 35.7 Å². The summed E-state index contributed by atoms with van der Waals surface area (Å²) >= 11 is 5.83. The zero-order valence-electron chi connectivity index (χ0n) is 12.1. The van der Waals surface area contributed by atoms with Crippen LogP contribution in [0.4, 0.5) is 0 Å². The molecule has 0 N–H and O–H groups in total. The van der Waals surface area contributed by atoms with E-state index in [9.17, 15) is 4.79 Å². The van der Waals surface area contributed by atoms with E-state index >= 15 is 0 Å². The molecule has 4 nitrogen and oxygen atoms in total. The quantitative estimate of drug-likeness (QED) is 0.757. The second kappa shape index (κ2) is 7.70. The van der Waals surface area contributed by atoms with E-state index in [-0.39, 0.29) is 5.43 Å². The minimum absolute atomic E-state index is 0.0796. The fourth-order valence-corrected chi connectivity index (χ4v) is 2.81. The smallest absolute Gasteiger partial charge is 0.223 e. The number of piperidine rings is 1. The Hall–Kier alpha value is -1.00. The van der Waals surface area contributed by atoms with Gasteiger partial charge in [0.25, 0.3) is 0 Å². The number of nitrogens with zero attached hydrogens (tertiary/aromatic N) is 2. The monoisotopic (exact) mass is 298 g/mol. The minimum Gasteiger partial charge on any atom is -0.487 e. The predicted molar refractivity (Wildman–Crippen MR) is 81.7 cm³/mol. The van der Waals surface area contributed by atoms with Crippen molar-refractivity contribution in [1.29, 1.82) is 0 Å². The molecule has 0 bridgehead atoms. The summed E-state index contributed by atoms with van der Waals surface area (Å²) in [6.45, 7) is 6.56. The summed E-state index contributed by atoms with van der Waals surface area (Å²) in [6.07, 6.45) is 5.65. The fourth-order valence-electron chi connectivity index (χ4n) is 2.58. The highest BCUT2D eigenvalue weighted by Gasteiger charge is 2.11. The maximum absolute atomic E-state index is 11.9. The van der Waals surface area contributed by atoms with E-state index in [0.717, 1.165) is 31.9 Å². The standard InChI is InChI=1S/C15H23ClN2O2/c1-2-18-12-15(14(19)10-13(18)11-16)20-9-8-17-6-4-3-5-7-17/h10,12H,2-9,11H2,1H3. The van der Waals surface area contributed by atoms with Crippen LogP contribution in [0, 0.1) is 0 Å². The molecule has 2 heterocycles. The van der Waals surface area contributed by atoms with Gasteiger partial charge in [0, 0.05) is 24.8 Å². The average Bonchev–Trinajstić information content (AvgIpc) is 2.49. The van der Waals surface area contributed by atoms with Crippen molar-refractivity contribution in [2.75, 3.05) is 26.2 Å². The van der Waals surface area contributed by atoms with Gasteiger partial charge in [-0.1, -0.05) is 6.42 Å². The summed E-state index contributed by atoms with van der Waals surface area (Å²) in [5.74, 6) is 0.773. The highest BCUT2D eigenvalue weighted by molar-refractivity contribution is 6.16. The molecule has 1 fully saturated rings. The maximum Gasteiger partial charge on any atom is 0.223 e. The average molecular weight is 299 g/mol. The van der Waals surface area contributed by atoms with E-state index in [0.29, 0.717) is 18.2 Å². The van der Waals surface area contributed by atoms with Gasteiger partial charge in [0.05, 0.1) is 12.1 Å². The highest BCUT2D eigenvalue weighted by atomic mass is 35.5. The summed E-state index contributed by atoms with van der Waals surface area (Å²) in [6, 6.07) is 1.58. The first kappa shape index (κ1) is 15.4. The first-order valence-electron chi connectivity index (χ1n) is 7.39. The molecule has 1 aromatic rings. The van der Waals surface area contributed by atoms with E-state index < -0.39 is 0 Å². The molecule has 0 unspecified atom stereocenters. The van der Waals surface area contributed by atoms with E-state index in [4.69, 9.17) is 16.3 Å². The molecular formula is C15H23ClN2O2. The molecule has 0 spiro atoms. The summed E-state index contributed by atoms with van der Waals surface area (Å²) in [4.78, 5) is 14.3.